The Balaban J connectivity index is 1.80. The lowest BCUT2D eigenvalue weighted by atomic mass is 10.0. The number of nitrogens with one attached hydrogen (secondary N) is 1. The van der Waals surface area contributed by atoms with Gasteiger partial charge in [-0.15, -0.1) is 0 Å². The van der Waals surface area contributed by atoms with Crippen LogP contribution in [0.5, 0.6) is 0 Å². The average molecular weight is 308 g/mol. The standard InChI is InChI=1S/C15H18BrNO/c16-13(8-10-4-5-10)11-6-7-14-12(9-11)2-1-3-15(18)17-14/h6-7,9-10,13H,1-5,8H2,(H,17,18). The van der Waals surface area contributed by atoms with Gasteiger partial charge in [-0.25, -0.2) is 0 Å². The van der Waals surface area contributed by atoms with Gasteiger partial charge in [0.2, 0.25) is 5.91 Å². The minimum atomic E-state index is 0.148. The molecule has 1 saturated carbocycles. The van der Waals surface area contributed by atoms with E-state index < -0.39 is 0 Å². The smallest absolute Gasteiger partial charge is 0.224 e. The van der Waals surface area contributed by atoms with Crippen molar-refractivity contribution < 1.29 is 4.79 Å². The van der Waals surface area contributed by atoms with Crippen LogP contribution >= 0.6 is 15.9 Å². The molecule has 0 spiro atoms. The van der Waals surface area contributed by atoms with Crippen LogP contribution in [-0.4, -0.2) is 5.91 Å². The zero-order valence-corrected chi connectivity index (χ0v) is 12.0. The first-order valence-corrected chi connectivity index (χ1v) is 7.70. The maximum atomic E-state index is 11.5. The minimum absolute atomic E-state index is 0.148. The molecule has 1 aromatic rings. The number of fused-ring (bicyclic) bond motifs is 1. The van der Waals surface area contributed by atoms with Crippen molar-refractivity contribution in [1.82, 2.24) is 0 Å². The van der Waals surface area contributed by atoms with E-state index in [0.29, 0.717) is 11.2 Å². The Hall–Kier alpha value is -0.830. The van der Waals surface area contributed by atoms with E-state index >= 15 is 0 Å². The van der Waals surface area contributed by atoms with E-state index in [9.17, 15) is 4.79 Å². The molecule has 2 nitrogen and oxygen atoms in total. The molecule has 3 heteroatoms. The second-order valence-electron chi connectivity index (χ2n) is 5.46. The van der Waals surface area contributed by atoms with Gasteiger partial charge in [-0.05, 0) is 42.4 Å². The highest BCUT2D eigenvalue weighted by molar-refractivity contribution is 9.09. The van der Waals surface area contributed by atoms with Crippen LogP contribution in [0.4, 0.5) is 5.69 Å². The molecular weight excluding hydrogens is 290 g/mol. The summed E-state index contributed by atoms with van der Waals surface area (Å²) in [5.41, 5.74) is 3.66. The van der Waals surface area contributed by atoms with Crippen molar-refractivity contribution in [3.63, 3.8) is 0 Å². The molecule has 1 fully saturated rings. The van der Waals surface area contributed by atoms with Crippen LogP contribution in [0, 0.1) is 5.92 Å². The van der Waals surface area contributed by atoms with Crippen molar-refractivity contribution in [2.24, 2.45) is 5.92 Å². The quantitative estimate of drug-likeness (QED) is 0.833. The molecule has 1 amide bonds. The zero-order chi connectivity index (χ0) is 12.5. The topological polar surface area (TPSA) is 29.1 Å². The van der Waals surface area contributed by atoms with Gasteiger partial charge in [0.05, 0.1) is 0 Å². The first kappa shape index (κ1) is 12.2. The highest BCUT2D eigenvalue weighted by Gasteiger charge is 2.25. The summed E-state index contributed by atoms with van der Waals surface area (Å²) in [5.74, 6) is 1.07. The Labute approximate surface area is 116 Å². The lowest BCUT2D eigenvalue weighted by Gasteiger charge is -2.13. The van der Waals surface area contributed by atoms with E-state index in [0.717, 1.165) is 24.4 Å². The van der Waals surface area contributed by atoms with Crippen LogP contribution in [0.25, 0.3) is 0 Å². The number of aryl methyl sites for hydroxylation is 1. The molecule has 96 valence electrons. The molecule has 1 aromatic carbocycles. The van der Waals surface area contributed by atoms with E-state index in [-0.39, 0.29) is 5.91 Å². The van der Waals surface area contributed by atoms with Crippen molar-refractivity contribution >= 4 is 27.5 Å². The van der Waals surface area contributed by atoms with E-state index in [4.69, 9.17) is 0 Å². The molecule has 2 aliphatic rings. The summed E-state index contributed by atoms with van der Waals surface area (Å²) < 4.78 is 0. The molecule has 0 aromatic heterocycles. The van der Waals surface area contributed by atoms with Crippen LogP contribution in [0.2, 0.25) is 0 Å². The van der Waals surface area contributed by atoms with Gasteiger partial charge in [0.25, 0.3) is 0 Å². The molecule has 0 bridgehead atoms. The highest BCUT2D eigenvalue weighted by Crippen LogP contribution is 2.42. The fourth-order valence-corrected chi connectivity index (χ4v) is 3.39. The number of amides is 1. The Morgan fingerprint density at radius 1 is 1.33 bits per heavy atom. The highest BCUT2D eigenvalue weighted by atomic mass is 79.9. The lowest BCUT2D eigenvalue weighted by molar-refractivity contribution is -0.116. The van der Waals surface area contributed by atoms with Gasteiger partial charge in [0.15, 0.2) is 0 Å². The number of alkyl halides is 1. The van der Waals surface area contributed by atoms with Crippen LogP contribution < -0.4 is 5.32 Å². The first-order chi connectivity index (χ1) is 8.72. The summed E-state index contributed by atoms with van der Waals surface area (Å²) in [6, 6.07) is 6.48. The molecule has 1 atom stereocenters. The normalized spacial score (nSPS) is 20.8. The Bertz CT molecular complexity index is 468. The fourth-order valence-electron chi connectivity index (χ4n) is 2.57. The third kappa shape index (κ3) is 2.77. The van der Waals surface area contributed by atoms with Crippen molar-refractivity contribution in [3.05, 3.63) is 29.3 Å². The second kappa shape index (κ2) is 5.04. The van der Waals surface area contributed by atoms with Crippen molar-refractivity contribution in [2.45, 2.75) is 43.4 Å². The monoisotopic (exact) mass is 307 g/mol. The van der Waals surface area contributed by atoms with Gasteiger partial charge in [-0.1, -0.05) is 40.9 Å². The number of benzene rings is 1. The van der Waals surface area contributed by atoms with E-state index in [2.05, 4.69) is 39.4 Å². The van der Waals surface area contributed by atoms with E-state index in [1.807, 2.05) is 0 Å². The molecule has 1 N–H and O–H groups in total. The lowest BCUT2D eigenvalue weighted by Crippen LogP contribution is -2.09. The maximum Gasteiger partial charge on any atom is 0.224 e. The molecule has 1 unspecified atom stereocenters. The second-order valence-corrected chi connectivity index (χ2v) is 6.57. The predicted octanol–water partition coefficient (Wildman–Crippen LogP) is 4.20. The number of carbonyl (C=O) groups excluding carboxylic acids is 1. The van der Waals surface area contributed by atoms with Crippen molar-refractivity contribution in [1.29, 1.82) is 0 Å². The SMILES string of the molecule is O=C1CCCc2cc(C(Br)CC3CC3)ccc2N1. The Kier molecular flexibility index (Phi) is 3.42. The number of carbonyl (C=O) groups is 1. The molecule has 1 aliphatic carbocycles. The number of hydrogen-bond acceptors (Lipinski definition) is 1. The zero-order valence-electron chi connectivity index (χ0n) is 10.4. The molecule has 3 rings (SSSR count). The summed E-state index contributed by atoms with van der Waals surface area (Å²) >= 11 is 3.80. The average Bonchev–Trinajstić information content (AvgIpc) is 3.15. The number of anilines is 1. The van der Waals surface area contributed by atoms with Crippen LogP contribution in [0.15, 0.2) is 18.2 Å². The third-order valence-corrected chi connectivity index (χ3v) is 4.75. The Morgan fingerprint density at radius 3 is 2.94 bits per heavy atom. The van der Waals surface area contributed by atoms with E-state index in [1.165, 1.54) is 30.4 Å². The van der Waals surface area contributed by atoms with Gasteiger partial charge < -0.3 is 5.32 Å². The summed E-state index contributed by atoms with van der Waals surface area (Å²) in [5, 5.41) is 2.99. The largest absolute Gasteiger partial charge is 0.326 e. The van der Waals surface area contributed by atoms with Gasteiger partial charge in [0.1, 0.15) is 0 Å². The van der Waals surface area contributed by atoms with Gasteiger partial charge in [-0.2, -0.15) is 0 Å². The van der Waals surface area contributed by atoms with Gasteiger partial charge in [-0.3, -0.25) is 4.79 Å². The van der Waals surface area contributed by atoms with E-state index in [1.54, 1.807) is 0 Å². The molecule has 0 saturated heterocycles. The maximum absolute atomic E-state index is 11.5. The van der Waals surface area contributed by atoms with Crippen LogP contribution in [0.1, 0.15) is 48.1 Å². The summed E-state index contributed by atoms with van der Waals surface area (Å²) in [7, 11) is 0. The molecule has 1 heterocycles. The van der Waals surface area contributed by atoms with Gasteiger partial charge >= 0.3 is 0 Å². The molecule has 18 heavy (non-hydrogen) atoms. The van der Waals surface area contributed by atoms with Crippen molar-refractivity contribution in [3.8, 4) is 0 Å². The molecular formula is C15H18BrNO. The number of rotatable bonds is 3. The van der Waals surface area contributed by atoms with Crippen LogP contribution in [0.3, 0.4) is 0 Å². The molecule has 1 aliphatic heterocycles. The Morgan fingerprint density at radius 2 is 2.17 bits per heavy atom. The number of halogens is 1. The summed E-state index contributed by atoms with van der Waals surface area (Å²) in [6.45, 7) is 0. The predicted molar refractivity (Wildman–Crippen MR) is 77.0 cm³/mol. The summed E-state index contributed by atoms with van der Waals surface area (Å²) in [4.78, 5) is 12.0. The first-order valence-electron chi connectivity index (χ1n) is 6.79. The minimum Gasteiger partial charge on any atom is -0.326 e. The molecule has 0 radical (unpaired) electrons. The fraction of sp³-hybridized carbons (Fsp3) is 0.533. The van der Waals surface area contributed by atoms with Crippen molar-refractivity contribution in [2.75, 3.05) is 5.32 Å². The van der Waals surface area contributed by atoms with Crippen LogP contribution in [-0.2, 0) is 11.2 Å². The number of hydrogen-bond donors (Lipinski definition) is 1. The van der Waals surface area contributed by atoms with Gasteiger partial charge in [0, 0.05) is 16.9 Å². The third-order valence-electron chi connectivity index (χ3n) is 3.85. The summed E-state index contributed by atoms with van der Waals surface area (Å²) in [6.07, 6.45) is 6.63.